The van der Waals surface area contributed by atoms with Gasteiger partial charge in [0, 0.05) is 30.0 Å². The van der Waals surface area contributed by atoms with Crippen LogP contribution in [-0.4, -0.2) is 31.1 Å². The van der Waals surface area contributed by atoms with Gasteiger partial charge in [0.25, 0.3) is 5.91 Å². The van der Waals surface area contributed by atoms with Crippen LogP contribution in [0.4, 0.5) is 0 Å². The molecule has 21 heavy (non-hydrogen) atoms. The molecule has 0 N–H and O–H groups in total. The van der Waals surface area contributed by atoms with E-state index in [1.165, 1.54) is 0 Å². The second kappa shape index (κ2) is 8.17. The van der Waals surface area contributed by atoms with Gasteiger partial charge in [0.1, 0.15) is 0 Å². The third-order valence-electron chi connectivity index (χ3n) is 3.13. The first-order chi connectivity index (χ1) is 10.2. The standard InChI is InChI=1S/C16H18ClNO2S/c1-20-9-8-18(12-15-3-2-10-21-15)16(19)14-6-4-13(11-17)5-7-14/h2-7,10H,8-9,11-12H2,1H3. The Morgan fingerprint density at radius 3 is 2.62 bits per heavy atom. The third kappa shape index (κ3) is 4.56. The number of rotatable bonds is 7. The van der Waals surface area contributed by atoms with E-state index < -0.39 is 0 Å². The zero-order valence-electron chi connectivity index (χ0n) is 11.9. The van der Waals surface area contributed by atoms with E-state index in [9.17, 15) is 4.79 Å². The second-order valence-electron chi connectivity index (χ2n) is 4.63. The summed E-state index contributed by atoms with van der Waals surface area (Å²) in [5.41, 5.74) is 1.69. The number of thiophene rings is 1. The molecule has 0 saturated carbocycles. The summed E-state index contributed by atoms with van der Waals surface area (Å²) in [5, 5.41) is 2.02. The lowest BCUT2D eigenvalue weighted by Crippen LogP contribution is -2.33. The van der Waals surface area contributed by atoms with E-state index in [-0.39, 0.29) is 5.91 Å². The van der Waals surface area contributed by atoms with E-state index in [4.69, 9.17) is 16.3 Å². The minimum Gasteiger partial charge on any atom is -0.383 e. The molecule has 2 rings (SSSR count). The van der Waals surface area contributed by atoms with Crippen LogP contribution in [0.5, 0.6) is 0 Å². The van der Waals surface area contributed by atoms with Crippen LogP contribution in [0.3, 0.4) is 0 Å². The maximum absolute atomic E-state index is 12.6. The monoisotopic (exact) mass is 323 g/mol. The number of benzene rings is 1. The van der Waals surface area contributed by atoms with Gasteiger partial charge >= 0.3 is 0 Å². The molecular formula is C16H18ClNO2S. The molecule has 1 heterocycles. The molecular weight excluding hydrogens is 306 g/mol. The van der Waals surface area contributed by atoms with Crippen LogP contribution in [0.15, 0.2) is 41.8 Å². The minimum absolute atomic E-state index is 0.0153. The number of carbonyl (C=O) groups is 1. The Morgan fingerprint density at radius 2 is 2.05 bits per heavy atom. The Kier molecular flexibility index (Phi) is 6.23. The minimum atomic E-state index is 0.0153. The van der Waals surface area contributed by atoms with Crippen LogP contribution < -0.4 is 0 Å². The predicted octanol–water partition coefficient (Wildman–Crippen LogP) is 3.78. The van der Waals surface area contributed by atoms with Gasteiger partial charge in [-0.2, -0.15) is 0 Å². The van der Waals surface area contributed by atoms with Gasteiger partial charge in [0.2, 0.25) is 0 Å². The fraction of sp³-hybridized carbons (Fsp3) is 0.312. The zero-order valence-corrected chi connectivity index (χ0v) is 13.5. The number of hydrogen-bond acceptors (Lipinski definition) is 3. The van der Waals surface area contributed by atoms with E-state index in [1.807, 2.05) is 46.7 Å². The van der Waals surface area contributed by atoms with E-state index in [2.05, 4.69) is 0 Å². The number of ether oxygens (including phenoxy) is 1. The number of amides is 1. The molecule has 0 aliphatic rings. The molecule has 0 fully saturated rings. The summed E-state index contributed by atoms with van der Waals surface area (Å²) >= 11 is 7.43. The van der Waals surface area contributed by atoms with Crippen molar-refractivity contribution in [3.8, 4) is 0 Å². The quantitative estimate of drug-likeness (QED) is 0.726. The Labute approximate surface area is 134 Å². The first-order valence-electron chi connectivity index (χ1n) is 6.70. The molecule has 0 radical (unpaired) electrons. The van der Waals surface area contributed by atoms with Gasteiger partial charge < -0.3 is 9.64 Å². The van der Waals surface area contributed by atoms with Crippen molar-refractivity contribution in [2.24, 2.45) is 0 Å². The topological polar surface area (TPSA) is 29.5 Å². The van der Waals surface area contributed by atoms with Gasteiger partial charge in [-0.1, -0.05) is 18.2 Å². The molecule has 1 aromatic heterocycles. The van der Waals surface area contributed by atoms with Crippen molar-refractivity contribution in [2.45, 2.75) is 12.4 Å². The highest BCUT2D eigenvalue weighted by Gasteiger charge is 2.16. The molecule has 2 aromatic rings. The highest BCUT2D eigenvalue weighted by atomic mass is 35.5. The average molecular weight is 324 g/mol. The highest BCUT2D eigenvalue weighted by molar-refractivity contribution is 7.09. The molecule has 1 aromatic carbocycles. The number of halogens is 1. The summed E-state index contributed by atoms with van der Waals surface area (Å²) in [5.74, 6) is 0.471. The molecule has 5 heteroatoms. The van der Waals surface area contributed by atoms with Gasteiger partial charge in [-0.25, -0.2) is 0 Å². The van der Waals surface area contributed by atoms with Crippen molar-refractivity contribution in [2.75, 3.05) is 20.3 Å². The number of nitrogens with zero attached hydrogens (tertiary/aromatic N) is 1. The molecule has 0 bridgehead atoms. The van der Waals surface area contributed by atoms with Crippen LogP contribution in [0.2, 0.25) is 0 Å². The molecule has 3 nitrogen and oxygen atoms in total. The Morgan fingerprint density at radius 1 is 1.29 bits per heavy atom. The number of hydrogen-bond donors (Lipinski definition) is 0. The fourth-order valence-corrected chi connectivity index (χ4v) is 2.86. The number of alkyl halides is 1. The van der Waals surface area contributed by atoms with Gasteiger partial charge in [-0.15, -0.1) is 22.9 Å². The lowest BCUT2D eigenvalue weighted by atomic mass is 10.1. The molecule has 0 atom stereocenters. The van der Waals surface area contributed by atoms with Crippen molar-refractivity contribution in [3.05, 3.63) is 57.8 Å². The molecule has 0 unspecified atom stereocenters. The Balaban J connectivity index is 2.11. The SMILES string of the molecule is COCCN(Cc1cccs1)C(=O)c1ccc(CCl)cc1. The predicted molar refractivity (Wildman–Crippen MR) is 86.9 cm³/mol. The smallest absolute Gasteiger partial charge is 0.254 e. The summed E-state index contributed by atoms with van der Waals surface area (Å²) in [6.07, 6.45) is 0. The Hall–Kier alpha value is -1.36. The van der Waals surface area contributed by atoms with Crippen LogP contribution in [0.25, 0.3) is 0 Å². The number of carbonyl (C=O) groups excluding carboxylic acids is 1. The first kappa shape index (κ1) is 16.0. The van der Waals surface area contributed by atoms with Crippen molar-refractivity contribution >= 4 is 28.8 Å². The van der Waals surface area contributed by atoms with Crippen molar-refractivity contribution in [1.82, 2.24) is 4.90 Å². The molecule has 0 aliphatic heterocycles. The lowest BCUT2D eigenvalue weighted by Gasteiger charge is -2.22. The van der Waals surface area contributed by atoms with E-state index in [0.29, 0.717) is 31.1 Å². The van der Waals surface area contributed by atoms with Crippen molar-refractivity contribution in [3.63, 3.8) is 0 Å². The van der Waals surface area contributed by atoms with E-state index in [0.717, 1.165) is 10.4 Å². The molecule has 112 valence electrons. The van der Waals surface area contributed by atoms with Crippen LogP contribution >= 0.6 is 22.9 Å². The van der Waals surface area contributed by atoms with Crippen LogP contribution in [-0.2, 0) is 17.2 Å². The summed E-state index contributed by atoms with van der Waals surface area (Å²) in [6.45, 7) is 1.71. The lowest BCUT2D eigenvalue weighted by molar-refractivity contribution is 0.0682. The van der Waals surface area contributed by atoms with Gasteiger partial charge in [-0.3, -0.25) is 4.79 Å². The van der Waals surface area contributed by atoms with E-state index in [1.54, 1.807) is 18.4 Å². The normalized spacial score (nSPS) is 10.6. The first-order valence-corrected chi connectivity index (χ1v) is 8.11. The summed E-state index contributed by atoms with van der Waals surface area (Å²) in [6, 6.07) is 11.5. The number of methoxy groups -OCH3 is 1. The summed E-state index contributed by atoms with van der Waals surface area (Å²) < 4.78 is 5.11. The maximum atomic E-state index is 12.6. The van der Waals surface area contributed by atoms with Gasteiger partial charge in [0.15, 0.2) is 0 Å². The summed E-state index contributed by atoms with van der Waals surface area (Å²) in [7, 11) is 1.64. The molecule has 0 aliphatic carbocycles. The maximum Gasteiger partial charge on any atom is 0.254 e. The largest absolute Gasteiger partial charge is 0.383 e. The molecule has 1 amide bonds. The fourth-order valence-electron chi connectivity index (χ4n) is 1.96. The van der Waals surface area contributed by atoms with Crippen molar-refractivity contribution < 1.29 is 9.53 Å². The van der Waals surface area contributed by atoms with Crippen LogP contribution in [0, 0.1) is 0 Å². The third-order valence-corrected chi connectivity index (χ3v) is 4.30. The Bertz CT molecular complexity index is 554. The summed E-state index contributed by atoms with van der Waals surface area (Å²) in [4.78, 5) is 15.6. The van der Waals surface area contributed by atoms with E-state index >= 15 is 0 Å². The molecule has 0 saturated heterocycles. The van der Waals surface area contributed by atoms with Crippen molar-refractivity contribution in [1.29, 1.82) is 0 Å². The van der Waals surface area contributed by atoms with Crippen LogP contribution in [0.1, 0.15) is 20.8 Å². The average Bonchev–Trinajstić information content (AvgIpc) is 3.04. The van der Waals surface area contributed by atoms with Gasteiger partial charge in [-0.05, 0) is 29.1 Å². The highest BCUT2D eigenvalue weighted by Crippen LogP contribution is 2.15. The van der Waals surface area contributed by atoms with Gasteiger partial charge in [0.05, 0.1) is 13.2 Å². The zero-order chi connectivity index (χ0) is 15.1. The second-order valence-corrected chi connectivity index (χ2v) is 5.93. The molecule has 0 spiro atoms.